The quantitative estimate of drug-likeness (QED) is 0.00838. The van der Waals surface area contributed by atoms with Crippen LogP contribution in [0, 0.1) is 0 Å². The molecule has 5 N–H and O–H groups in total. The van der Waals surface area contributed by atoms with Gasteiger partial charge in [0.25, 0.3) is 0 Å². The second-order valence-electron chi connectivity index (χ2n) is 25.9. The molecule has 0 heterocycles. The van der Waals surface area contributed by atoms with Crippen molar-refractivity contribution in [3.63, 3.8) is 0 Å². The molecule has 0 aliphatic rings. The van der Waals surface area contributed by atoms with Gasteiger partial charge < -0.3 is 48.8 Å². The maximum Gasteiger partial charge on any atom is 0.330 e. The van der Waals surface area contributed by atoms with Crippen molar-refractivity contribution < 1.29 is 70.9 Å². The van der Waals surface area contributed by atoms with Crippen LogP contribution in [0.2, 0.25) is 0 Å². The van der Waals surface area contributed by atoms with E-state index in [2.05, 4.69) is 38.0 Å². The number of amides is 1. The third-order valence-corrected chi connectivity index (χ3v) is 21.7. The first-order valence-electron chi connectivity index (χ1n) is 38.0. The highest BCUT2D eigenvalue weighted by Gasteiger charge is 2.27. The highest BCUT2D eigenvalue weighted by molar-refractivity contribution is 8.76. The molecule has 554 valence electrons. The highest BCUT2D eigenvalue weighted by Crippen LogP contribution is 2.42. The number of nitrogens with two attached hydrogens (primary N) is 1. The fraction of sp³-hybridized carbons (Fsp3) is 0.917. The average Bonchev–Trinajstić information content (AvgIpc) is 2.66. The normalized spacial score (nSPS) is 13.7. The summed E-state index contributed by atoms with van der Waals surface area (Å²) < 4.78 is 59.2. The zero-order chi connectivity index (χ0) is 69.1. The molecule has 0 bridgehead atoms. The van der Waals surface area contributed by atoms with Crippen LogP contribution >= 0.6 is 36.8 Å². The van der Waals surface area contributed by atoms with E-state index in [0.29, 0.717) is 43.6 Å². The summed E-state index contributed by atoms with van der Waals surface area (Å²) in [5, 5.41) is 2.66. The van der Waals surface area contributed by atoms with Gasteiger partial charge in [-0.1, -0.05) is 306 Å². The Labute approximate surface area is 580 Å². The lowest BCUT2D eigenvalue weighted by atomic mass is 10.1. The van der Waals surface area contributed by atoms with Gasteiger partial charge in [-0.05, 0) is 25.7 Å². The van der Waals surface area contributed by atoms with Gasteiger partial charge in [-0.3, -0.25) is 38.1 Å². The average molecular weight is 1410 g/mol. The van der Waals surface area contributed by atoms with E-state index < -0.39 is 64.5 Å². The molecular formula is C72H139N3O15P2S2. The minimum Gasteiger partial charge on any atom is -0.462 e. The lowest BCUT2D eigenvalue weighted by Crippen LogP contribution is -2.30. The van der Waals surface area contributed by atoms with Crippen molar-refractivity contribution in [1.29, 1.82) is 0 Å². The van der Waals surface area contributed by atoms with Crippen molar-refractivity contribution in [2.75, 3.05) is 63.3 Å². The number of nitrogens with one attached hydrogen (secondary N) is 1. The molecule has 0 saturated carbocycles. The standard InChI is InChI=1S/C72H139N3O15P2S2/c1-5-9-13-17-21-25-29-33-37-41-45-49-69(77)85-61-65(89-71(79)51-47-43-39-35-31-27-23-19-15-11-7-3)63-87-91(81,82)57-55-74-67(73)53-59-93-94-60-54-68(76)75-56-58-92(83,84)88-64-66(90-72(80)52-48-44-40-36-32-28-24-20-16-12-8-4)62-86-70(78)50-46-42-38-34-30-26-22-18-14-10-6-2/h65-66H,5-64H2,1-4H3,(H2,73,74)(H,75,76)(H,81,82)(H,83,84). The maximum absolute atomic E-state index is 13.1. The van der Waals surface area contributed by atoms with E-state index in [9.17, 15) is 42.9 Å². The lowest BCUT2D eigenvalue weighted by Gasteiger charge is -2.20. The summed E-state index contributed by atoms with van der Waals surface area (Å²) in [5.74, 6) is -0.814. The van der Waals surface area contributed by atoms with Gasteiger partial charge in [0.05, 0.1) is 37.9 Å². The number of nitrogens with zero attached hydrogens (tertiary/aromatic N) is 1. The van der Waals surface area contributed by atoms with E-state index in [0.717, 1.165) is 77.0 Å². The van der Waals surface area contributed by atoms with Crippen LogP contribution < -0.4 is 11.1 Å². The highest BCUT2D eigenvalue weighted by atomic mass is 33.1. The molecule has 18 nitrogen and oxygen atoms in total. The number of carbonyl (C=O) groups is 5. The summed E-state index contributed by atoms with van der Waals surface area (Å²) in [6.07, 6.45) is 49.1. The number of aliphatic imine (C=N–C) groups is 1. The van der Waals surface area contributed by atoms with Gasteiger partial charge >= 0.3 is 39.1 Å². The van der Waals surface area contributed by atoms with Gasteiger partial charge in [-0.15, -0.1) is 0 Å². The van der Waals surface area contributed by atoms with Gasteiger partial charge in [0, 0.05) is 56.6 Å². The molecule has 0 aromatic heterocycles. The Balaban J connectivity index is 4.91. The maximum atomic E-state index is 13.1. The molecule has 4 atom stereocenters. The summed E-state index contributed by atoms with van der Waals surface area (Å²) in [6.45, 7) is 7.25. The topological polar surface area (TPSA) is 266 Å². The fourth-order valence-electron chi connectivity index (χ4n) is 10.7. The second kappa shape index (κ2) is 68.0. The predicted octanol–water partition coefficient (Wildman–Crippen LogP) is 19.7. The molecule has 0 spiro atoms. The number of unbranched alkanes of at least 4 members (excludes halogenated alkanes) is 40. The molecule has 0 aromatic rings. The van der Waals surface area contributed by atoms with Crippen LogP contribution in [0.1, 0.15) is 349 Å². The summed E-state index contributed by atoms with van der Waals surface area (Å²) in [4.78, 5) is 89.4. The van der Waals surface area contributed by atoms with E-state index in [1.165, 1.54) is 201 Å². The first-order valence-corrected chi connectivity index (χ1v) is 44.0. The summed E-state index contributed by atoms with van der Waals surface area (Å²) in [7, 11) is -5.51. The van der Waals surface area contributed by atoms with Crippen LogP contribution in [-0.4, -0.2) is 121 Å². The van der Waals surface area contributed by atoms with Crippen molar-refractivity contribution in [2.24, 2.45) is 10.7 Å². The number of amidine groups is 1. The molecule has 94 heavy (non-hydrogen) atoms. The first-order chi connectivity index (χ1) is 45.6. The van der Waals surface area contributed by atoms with Crippen LogP contribution in [-0.2, 0) is 61.1 Å². The minimum atomic E-state index is -4.23. The van der Waals surface area contributed by atoms with E-state index in [1.54, 1.807) is 0 Å². The number of hydrogen-bond donors (Lipinski definition) is 4. The fourth-order valence-corrected chi connectivity index (χ4v) is 14.5. The molecule has 0 fully saturated rings. The van der Waals surface area contributed by atoms with Crippen molar-refractivity contribution in [1.82, 2.24) is 5.32 Å². The monoisotopic (exact) mass is 1410 g/mol. The van der Waals surface area contributed by atoms with Gasteiger partial charge in [-0.2, -0.15) is 0 Å². The Morgan fingerprint density at radius 3 is 0.979 bits per heavy atom. The Kier molecular flexibility index (Phi) is 66.4. The summed E-state index contributed by atoms with van der Waals surface area (Å²) in [5.41, 5.74) is 6.12. The Morgan fingerprint density at radius 1 is 0.383 bits per heavy atom. The van der Waals surface area contributed by atoms with Crippen molar-refractivity contribution in [3.8, 4) is 0 Å². The van der Waals surface area contributed by atoms with Crippen LogP contribution in [0.15, 0.2) is 4.99 Å². The van der Waals surface area contributed by atoms with E-state index in [1.807, 2.05) is 0 Å². The molecule has 0 aliphatic carbocycles. The van der Waals surface area contributed by atoms with Gasteiger partial charge in [0.1, 0.15) is 13.2 Å². The van der Waals surface area contributed by atoms with E-state index >= 15 is 0 Å². The molecule has 1 amide bonds. The number of ether oxygens (including phenoxy) is 4. The lowest BCUT2D eigenvalue weighted by molar-refractivity contribution is -0.161. The van der Waals surface area contributed by atoms with Crippen LogP contribution in [0.4, 0.5) is 0 Å². The zero-order valence-corrected chi connectivity index (χ0v) is 63.4. The van der Waals surface area contributed by atoms with Crippen LogP contribution in [0.3, 0.4) is 0 Å². The number of hydrogen-bond acceptors (Lipinski definition) is 16. The van der Waals surface area contributed by atoms with Crippen molar-refractivity contribution in [2.45, 2.75) is 361 Å². The minimum absolute atomic E-state index is 0.0802. The zero-order valence-electron chi connectivity index (χ0n) is 60.0. The number of esters is 4. The molecule has 0 aliphatic heterocycles. The Hall–Kier alpha value is -2.18. The smallest absolute Gasteiger partial charge is 0.330 e. The van der Waals surface area contributed by atoms with Gasteiger partial charge in [0.2, 0.25) is 5.91 Å². The third-order valence-electron chi connectivity index (χ3n) is 16.7. The summed E-state index contributed by atoms with van der Waals surface area (Å²) in [6, 6.07) is 0. The molecular weight excluding hydrogens is 1270 g/mol. The van der Waals surface area contributed by atoms with Gasteiger partial charge in [0.15, 0.2) is 12.2 Å². The Bertz CT molecular complexity index is 1940. The van der Waals surface area contributed by atoms with Crippen molar-refractivity contribution >= 4 is 72.4 Å². The molecule has 0 aromatic carbocycles. The SMILES string of the molecule is CCCCCCCCCCCCCC(=O)OCC(COP(=O)(O)CCN=C(N)CCSSCCC(=O)NCCP(=O)(O)OCC(COC(=O)CCCCCCCCCCCCC)OC(=O)CCCCCCCCCCCCC)OC(=O)CCCCCCCCCCCCC. The molecule has 4 unspecified atom stereocenters. The van der Waals surface area contributed by atoms with Gasteiger partial charge in [-0.25, -0.2) is 0 Å². The predicted molar refractivity (Wildman–Crippen MR) is 391 cm³/mol. The third kappa shape index (κ3) is 67.0. The molecule has 0 saturated heterocycles. The Morgan fingerprint density at radius 2 is 0.660 bits per heavy atom. The molecule has 0 rings (SSSR count). The van der Waals surface area contributed by atoms with E-state index in [4.69, 9.17) is 33.7 Å². The van der Waals surface area contributed by atoms with E-state index in [-0.39, 0.29) is 82.5 Å². The summed E-state index contributed by atoms with van der Waals surface area (Å²) >= 11 is 0. The molecule has 22 heteroatoms. The second-order valence-corrected chi connectivity index (χ2v) is 32.6. The van der Waals surface area contributed by atoms with Crippen molar-refractivity contribution in [3.05, 3.63) is 0 Å². The number of carbonyl (C=O) groups excluding carboxylic acids is 5. The van der Waals surface area contributed by atoms with Crippen LogP contribution in [0.25, 0.3) is 0 Å². The van der Waals surface area contributed by atoms with Crippen LogP contribution in [0.5, 0.6) is 0 Å². The number of rotatable bonds is 73. The molecule has 0 radical (unpaired) electrons. The largest absolute Gasteiger partial charge is 0.462 e. The first kappa shape index (κ1) is 91.8.